The smallest absolute Gasteiger partial charge is 0.330 e. The van der Waals surface area contributed by atoms with Crippen molar-refractivity contribution in [1.29, 1.82) is 0 Å². The first-order valence-electron chi connectivity index (χ1n) is 9.67. The second-order valence-corrected chi connectivity index (χ2v) is 8.87. The Labute approximate surface area is 162 Å². The van der Waals surface area contributed by atoms with Crippen LogP contribution in [-0.4, -0.2) is 28.8 Å². The molecule has 0 amide bonds. The van der Waals surface area contributed by atoms with Gasteiger partial charge in [0.1, 0.15) is 6.61 Å². The zero-order chi connectivity index (χ0) is 19.2. The zero-order valence-corrected chi connectivity index (χ0v) is 16.5. The molecule has 0 bridgehead atoms. The van der Waals surface area contributed by atoms with E-state index < -0.39 is 11.2 Å². The van der Waals surface area contributed by atoms with Crippen molar-refractivity contribution in [3.63, 3.8) is 0 Å². The predicted octanol–water partition coefficient (Wildman–Crippen LogP) is 3.13. The quantitative estimate of drug-likeness (QED) is 0.767. The van der Waals surface area contributed by atoms with Crippen LogP contribution in [0.15, 0.2) is 36.5 Å². The molecule has 2 aliphatic rings. The number of aromatic nitrogens is 1. The molecule has 4 rings (SSSR count). The molecule has 5 heteroatoms. The summed E-state index contributed by atoms with van der Waals surface area (Å²) in [6.45, 7) is 7.71. The highest BCUT2D eigenvalue weighted by molar-refractivity contribution is 6.47. The van der Waals surface area contributed by atoms with Crippen LogP contribution in [-0.2, 0) is 17.7 Å². The summed E-state index contributed by atoms with van der Waals surface area (Å²) >= 11 is 0. The molecule has 1 N–H and O–H groups in total. The maximum atomic E-state index is 10.2. The Morgan fingerprint density at radius 2 is 2.04 bits per heavy atom. The number of rotatable bonds is 7. The fourth-order valence-electron chi connectivity index (χ4n) is 3.48. The van der Waals surface area contributed by atoms with Gasteiger partial charge < -0.3 is 14.5 Å². The Bertz CT molecular complexity index is 844. The number of nitrogens with zero attached hydrogens (tertiary/aromatic N) is 1. The molecule has 0 aliphatic heterocycles. The fourth-order valence-corrected chi connectivity index (χ4v) is 3.48. The molecule has 1 radical (unpaired) electrons. The molecule has 1 unspecified atom stereocenters. The van der Waals surface area contributed by atoms with E-state index in [2.05, 4.69) is 11.1 Å². The van der Waals surface area contributed by atoms with Gasteiger partial charge in [0.15, 0.2) is 0 Å². The molecular weight excluding hydrogens is 337 g/mol. The molecular formula is C22H27BNO3. The highest BCUT2D eigenvalue weighted by atomic mass is 16.5. The first-order valence-corrected chi connectivity index (χ1v) is 9.67. The molecule has 1 saturated carbocycles. The van der Waals surface area contributed by atoms with Gasteiger partial charge in [0.2, 0.25) is 5.88 Å². The molecule has 1 aromatic carbocycles. The largest absolute Gasteiger partial charge is 0.473 e. The maximum Gasteiger partial charge on any atom is 0.330 e. The summed E-state index contributed by atoms with van der Waals surface area (Å²) in [7, 11) is 1.70. The molecule has 4 nitrogen and oxygen atoms in total. The number of pyridine rings is 1. The van der Waals surface area contributed by atoms with Crippen LogP contribution in [0.25, 0.3) is 0 Å². The lowest BCUT2D eigenvalue weighted by molar-refractivity contribution is -0.0893. The SMILES string of the molecule is CC(C)(O)C(C)(C)O[B]c1cccc(COc2cc3c(cn2)C2C[C@@H]2C3)c1. The first-order chi connectivity index (χ1) is 12.7. The van der Waals surface area contributed by atoms with Crippen molar-refractivity contribution in [3.05, 3.63) is 53.2 Å². The first kappa shape index (κ1) is 18.5. The van der Waals surface area contributed by atoms with E-state index in [-0.39, 0.29) is 0 Å². The summed E-state index contributed by atoms with van der Waals surface area (Å²) in [5.41, 5.74) is 3.20. The van der Waals surface area contributed by atoms with Crippen molar-refractivity contribution in [2.24, 2.45) is 5.92 Å². The average molecular weight is 364 g/mol. The van der Waals surface area contributed by atoms with Gasteiger partial charge in [0.05, 0.1) is 11.2 Å². The molecule has 141 valence electrons. The van der Waals surface area contributed by atoms with E-state index in [9.17, 15) is 5.11 Å². The Hall–Kier alpha value is -1.85. The van der Waals surface area contributed by atoms with Crippen LogP contribution in [0, 0.1) is 5.92 Å². The van der Waals surface area contributed by atoms with Gasteiger partial charge >= 0.3 is 7.48 Å². The van der Waals surface area contributed by atoms with E-state index in [1.807, 2.05) is 44.3 Å². The van der Waals surface area contributed by atoms with Gasteiger partial charge in [-0.15, -0.1) is 0 Å². The standard InChI is InChI=1S/C22H27BNO3/c1-21(2,25)22(3,4)27-23-17-7-5-6-14(8-17)13-26-20-11-16-9-15-10-18(15)19(16)12-24-20/h5-8,11-12,15,18,25H,9-10,13H2,1-4H3/t15-,18?/m0/s1. The minimum Gasteiger partial charge on any atom is -0.473 e. The van der Waals surface area contributed by atoms with E-state index in [0.29, 0.717) is 12.5 Å². The summed E-state index contributed by atoms with van der Waals surface area (Å²) in [4.78, 5) is 4.48. The Morgan fingerprint density at radius 1 is 1.22 bits per heavy atom. The van der Waals surface area contributed by atoms with Crippen molar-refractivity contribution in [3.8, 4) is 5.88 Å². The third kappa shape index (κ3) is 3.90. The Morgan fingerprint density at radius 3 is 2.81 bits per heavy atom. The lowest BCUT2D eigenvalue weighted by Crippen LogP contribution is -2.49. The van der Waals surface area contributed by atoms with Crippen LogP contribution in [0.3, 0.4) is 0 Å². The van der Waals surface area contributed by atoms with Gasteiger partial charge in [0, 0.05) is 12.3 Å². The Kier molecular flexibility index (Phi) is 4.56. The molecule has 0 spiro atoms. The number of ether oxygens (including phenoxy) is 1. The number of aliphatic hydroxyl groups is 1. The van der Waals surface area contributed by atoms with Crippen molar-refractivity contribution < 1.29 is 14.5 Å². The summed E-state index contributed by atoms with van der Waals surface area (Å²) in [5.74, 6) is 2.32. The highest BCUT2D eigenvalue weighted by Crippen LogP contribution is 2.56. The van der Waals surface area contributed by atoms with Gasteiger partial charge in [-0.05, 0) is 69.1 Å². The average Bonchev–Trinajstić information content (AvgIpc) is 3.29. The molecule has 2 aromatic rings. The molecule has 2 atom stereocenters. The van der Waals surface area contributed by atoms with Crippen LogP contribution in [0.2, 0.25) is 0 Å². The maximum absolute atomic E-state index is 10.2. The van der Waals surface area contributed by atoms with Crippen molar-refractivity contribution in [2.75, 3.05) is 0 Å². The number of benzene rings is 1. The molecule has 0 saturated heterocycles. The lowest BCUT2D eigenvalue weighted by atomic mass is 9.82. The van der Waals surface area contributed by atoms with E-state index >= 15 is 0 Å². The monoisotopic (exact) mass is 364 g/mol. The van der Waals surface area contributed by atoms with Crippen molar-refractivity contribution in [2.45, 2.75) is 64.3 Å². The number of fused-ring (bicyclic) bond motifs is 3. The number of hydrogen-bond donors (Lipinski definition) is 1. The normalized spacial score (nSPS) is 20.8. The summed E-state index contributed by atoms with van der Waals surface area (Å²) in [6.07, 6.45) is 4.52. The second-order valence-electron chi connectivity index (χ2n) is 8.87. The highest BCUT2D eigenvalue weighted by Gasteiger charge is 2.45. The number of hydrogen-bond acceptors (Lipinski definition) is 4. The third-order valence-electron chi connectivity index (χ3n) is 6.10. The lowest BCUT2D eigenvalue weighted by Gasteiger charge is -2.37. The van der Waals surface area contributed by atoms with Gasteiger partial charge in [-0.1, -0.05) is 29.7 Å². The van der Waals surface area contributed by atoms with Gasteiger partial charge in [0.25, 0.3) is 0 Å². The van der Waals surface area contributed by atoms with E-state index in [1.165, 1.54) is 24.0 Å². The van der Waals surface area contributed by atoms with E-state index in [4.69, 9.17) is 9.39 Å². The third-order valence-corrected chi connectivity index (χ3v) is 6.10. The van der Waals surface area contributed by atoms with E-state index in [0.717, 1.165) is 22.9 Å². The van der Waals surface area contributed by atoms with Crippen LogP contribution in [0.1, 0.15) is 56.7 Å². The molecule has 1 fully saturated rings. The van der Waals surface area contributed by atoms with Gasteiger partial charge in [-0.3, -0.25) is 0 Å². The van der Waals surface area contributed by atoms with Crippen LogP contribution < -0.4 is 10.2 Å². The van der Waals surface area contributed by atoms with Crippen molar-refractivity contribution >= 4 is 12.9 Å². The van der Waals surface area contributed by atoms with Crippen LogP contribution in [0.5, 0.6) is 5.88 Å². The van der Waals surface area contributed by atoms with Gasteiger partial charge in [-0.2, -0.15) is 0 Å². The fraction of sp³-hybridized carbons (Fsp3) is 0.500. The summed E-state index contributed by atoms with van der Waals surface area (Å²) in [6, 6.07) is 10.1. The van der Waals surface area contributed by atoms with Crippen molar-refractivity contribution in [1.82, 2.24) is 4.98 Å². The van der Waals surface area contributed by atoms with E-state index in [1.54, 1.807) is 21.3 Å². The minimum absolute atomic E-state index is 0.467. The zero-order valence-electron chi connectivity index (χ0n) is 16.5. The second kappa shape index (κ2) is 6.64. The summed E-state index contributed by atoms with van der Waals surface area (Å²) in [5, 5.41) is 10.2. The van der Waals surface area contributed by atoms with Gasteiger partial charge in [-0.25, -0.2) is 4.98 Å². The molecule has 2 aliphatic carbocycles. The molecule has 27 heavy (non-hydrogen) atoms. The summed E-state index contributed by atoms with van der Waals surface area (Å²) < 4.78 is 11.8. The Balaban J connectivity index is 1.36. The minimum atomic E-state index is -0.940. The molecule has 1 aromatic heterocycles. The predicted molar refractivity (Wildman–Crippen MR) is 106 cm³/mol. The van der Waals surface area contributed by atoms with Crippen LogP contribution in [0.4, 0.5) is 0 Å². The van der Waals surface area contributed by atoms with Crippen LogP contribution >= 0.6 is 0 Å². The molecule has 1 heterocycles. The topological polar surface area (TPSA) is 51.6 Å².